The van der Waals surface area contributed by atoms with Crippen LogP contribution in [-0.2, 0) is 0 Å². The van der Waals surface area contributed by atoms with Crippen molar-refractivity contribution in [3.8, 4) is 0 Å². The maximum Gasteiger partial charge on any atom is 0.254 e. The summed E-state index contributed by atoms with van der Waals surface area (Å²) >= 11 is 1.40. The first kappa shape index (κ1) is 16.4. The summed E-state index contributed by atoms with van der Waals surface area (Å²) < 4.78 is 0. The van der Waals surface area contributed by atoms with Gasteiger partial charge in [0.05, 0.1) is 10.4 Å². The highest BCUT2D eigenvalue weighted by Gasteiger charge is 2.21. The molecule has 0 N–H and O–H groups in total. The van der Waals surface area contributed by atoms with E-state index in [1.807, 2.05) is 29.3 Å². The molecule has 0 aliphatic rings. The van der Waals surface area contributed by atoms with E-state index < -0.39 is 0 Å². The fourth-order valence-corrected chi connectivity index (χ4v) is 3.01. The highest BCUT2D eigenvalue weighted by atomic mass is 32.1. The third kappa shape index (κ3) is 3.63. The Bertz CT molecular complexity index is 634. The smallest absolute Gasteiger partial charge is 0.254 e. The van der Waals surface area contributed by atoms with Crippen molar-refractivity contribution in [2.45, 2.75) is 26.7 Å². The largest absolute Gasteiger partial charge is 0.339 e. The number of amides is 1. The number of thiophene rings is 1. The lowest BCUT2D eigenvalue weighted by Gasteiger charge is -2.21. The Hall–Kier alpha value is -1.94. The van der Waals surface area contributed by atoms with Gasteiger partial charge in [0, 0.05) is 18.7 Å². The van der Waals surface area contributed by atoms with Crippen LogP contribution in [0.15, 0.2) is 41.8 Å². The van der Waals surface area contributed by atoms with Gasteiger partial charge in [0.15, 0.2) is 0 Å². The molecule has 0 aliphatic carbocycles. The molecule has 2 aromatic rings. The van der Waals surface area contributed by atoms with Crippen molar-refractivity contribution in [2.24, 2.45) is 0 Å². The molecule has 0 spiro atoms. The highest BCUT2D eigenvalue weighted by Crippen LogP contribution is 2.19. The molecule has 1 aromatic carbocycles. The van der Waals surface area contributed by atoms with E-state index >= 15 is 0 Å². The van der Waals surface area contributed by atoms with E-state index in [0.29, 0.717) is 22.5 Å². The molecular formula is C18H21NO2S. The van der Waals surface area contributed by atoms with E-state index in [0.717, 1.165) is 19.4 Å². The van der Waals surface area contributed by atoms with Crippen molar-refractivity contribution >= 4 is 23.0 Å². The van der Waals surface area contributed by atoms with Crippen LogP contribution in [0.2, 0.25) is 0 Å². The fourth-order valence-electron chi connectivity index (χ4n) is 2.33. The zero-order chi connectivity index (χ0) is 15.9. The summed E-state index contributed by atoms with van der Waals surface area (Å²) in [6.45, 7) is 5.46. The molecule has 22 heavy (non-hydrogen) atoms. The molecule has 116 valence electrons. The third-order valence-electron chi connectivity index (χ3n) is 3.60. The average Bonchev–Trinajstić information content (AvgIpc) is 3.09. The van der Waals surface area contributed by atoms with E-state index in [9.17, 15) is 9.59 Å². The Balaban J connectivity index is 2.31. The van der Waals surface area contributed by atoms with Gasteiger partial charge in [0.1, 0.15) is 0 Å². The molecule has 0 aliphatic heterocycles. The molecule has 0 saturated heterocycles. The van der Waals surface area contributed by atoms with Crippen molar-refractivity contribution in [3.63, 3.8) is 0 Å². The number of carbonyl (C=O) groups excluding carboxylic acids is 2. The number of hydrogen-bond acceptors (Lipinski definition) is 3. The van der Waals surface area contributed by atoms with Gasteiger partial charge < -0.3 is 4.90 Å². The lowest BCUT2D eigenvalue weighted by atomic mass is 10.0. The molecule has 3 nitrogen and oxygen atoms in total. The lowest BCUT2D eigenvalue weighted by molar-refractivity contribution is 0.0758. The van der Waals surface area contributed by atoms with Crippen LogP contribution in [0.25, 0.3) is 0 Å². The van der Waals surface area contributed by atoms with E-state index in [1.165, 1.54) is 11.3 Å². The Morgan fingerprint density at radius 1 is 1.05 bits per heavy atom. The van der Waals surface area contributed by atoms with Gasteiger partial charge in [0.2, 0.25) is 5.78 Å². The van der Waals surface area contributed by atoms with Crippen molar-refractivity contribution in [3.05, 3.63) is 57.8 Å². The van der Waals surface area contributed by atoms with Crippen LogP contribution in [0.4, 0.5) is 0 Å². The molecule has 0 bridgehead atoms. The number of hydrogen-bond donors (Lipinski definition) is 0. The monoisotopic (exact) mass is 315 g/mol. The second-order valence-electron chi connectivity index (χ2n) is 5.09. The first-order valence-corrected chi connectivity index (χ1v) is 8.53. The number of benzene rings is 1. The molecule has 0 saturated carbocycles. The maximum atomic E-state index is 12.8. The molecule has 1 aromatic heterocycles. The van der Waals surface area contributed by atoms with Crippen molar-refractivity contribution in [1.29, 1.82) is 0 Å². The number of unbranched alkanes of at least 4 members (excludes halogenated alkanes) is 1. The molecule has 1 amide bonds. The van der Waals surface area contributed by atoms with Gasteiger partial charge in [-0.15, -0.1) is 11.3 Å². The summed E-state index contributed by atoms with van der Waals surface area (Å²) in [6, 6.07) is 10.7. The zero-order valence-electron chi connectivity index (χ0n) is 13.0. The van der Waals surface area contributed by atoms with Gasteiger partial charge in [-0.1, -0.05) is 37.6 Å². The predicted molar refractivity (Wildman–Crippen MR) is 90.7 cm³/mol. The molecule has 2 rings (SSSR count). The van der Waals surface area contributed by atoms with Crippen molar-refractivity contribution < 1.29 is 9.59 Å². The van der Waals surface area contributed by atoms with Gasteiger partial charge in [-0.05, 0) is 30.9 Å². The van der Waals surface area contributed by atoms with Gasteiger partial charge in [-0.3, -0.25) is 9.59 Å². The molecule has 0 atom stereocenters. The van der Waals surface area contributed by atoms with Crippen LogP contribution in [0, 0.1) is 0 Å². The average molecular weight is 315 g/mol. The minimum Gasteiger partial charge on any atom is -0.339 e. The van der Waals surface area contributed by atoms with Crippen LogP contribution >= 0.6 is 11.3 Å². The minimum atomic E-state index is -0.0782. The van der Waals surface area contributed by atoms with Crippen LogP contribution in [0.5, 0.6) is 0 Å². The SMILES string of the molecule is CCCCN(CC)C(=O)c1ccccc1C(=O)c1cccs1. The maximum absolute atomic E-state index is 12.8. The number of nitrogens with zero attached hydrogens (tertiary/aromatic N) is 1. The van der Waals surface area contributed by atoms with E-state index in [1.54, 1.807) is 24.3 Å². The zero-order valence-corrected chi connectivity index (χ0v) is 13.9. The molecule has 4 heteroatoms. The number of ketones is 1. The number of rotatable bonds is 7. The first-order chi connectivity index (χ1) is 10.7. The molecule has 1 heterocycles. The summed E-state index contributed by atoms with van der Waals surface area (Å²) in [5.41, 5.74) is 0.990. The second-order valence-corrected chi connectivity index (χ2v) is 6.04. The van der Waals surface area contributed by atoms with Gasteiger partial charge in [-0.2, -0.15) is 0 Å². The topological polar surface area (TPSA) is 37.4 Å². The Morgan fingerprint density at radius 2 is 1.77 bits per heavy atom. The van der Waals surface area contributed by atoms with Crippen molar-refractivity contribution in [1.82, 2.24) is 4.90 Å². The molecule has 0 fully saturated rings. The fraction of sp³-hybridized carbons (Fsp3) is 0.333. The predicted octanol–water partition coefficient (Wildman–Crippen LogP) is 4.24. The third-order valence-corrected chi connectivity index (χ3v) is 4.47. The van der Waals surface area contributed by atoms with Gasteiger partial charge >= 0.3 is 0 Å². The normalized spacial score (nSPS) is 10.5. The Morgan fingerprint density at radius 3 is 2.36 bits per heavy atom. The van der Waals surface area contributed by atoms with E-state index in [-0.39, 0.29) is 11.7 Å². The Kier molecular flexibility index (Phi) is 5.90. The summed E-state index contributed by atoms with van der Waals surface area (Å²) in [6.07, 6.45) is 2.01. The summed E-state index contributed by atoms with van der Waals surface area (Å²) in [5.74, 6) is -0.137. The van der Waals surface area contributed by atoms with Crippen LogP contribution in [0.1, 0.15) is 52.3 Å². The second kappa shape index (κ2) is 7.90. The Labute approximate surface area is 135 Å². The molecular weight excluding hydrogens is 294 g/mol. The summed E-state index contributed by atoms with van der Waals surface area (Å²) in [7, 11) is 0. The van der Waals surface area contributed by atoms with Crippen LogP contribution in [-0.4, -0.2) is 29.7 Å². The standard InChI is InChI=1S/C18H21NO2S/c1-3-5-12-19(4-2)18(21)15-10-7-6-9-14(15)17(20)16-11-8-13-22-16/h6-11,13H,3-5,12H2,1-2H3. The number of carbonyl (C=O) groups is 2. The van der Waals surface area contributed by atoms with E-state index in [2.05, 4.69) is 6.92 Å². The van der Waals surface area contributed by atoms with Crippen LogP contribution in [0.3, 0.4) is 0 Å². The molecule has 0 unspecified atom stereocenters. The quantitative estimate of drug-likeness (QED) is 0.717. The first-order valence-electron chi connectivity index (χ1n) is 7.65. The van der Waals surface area contributed by atoms with E-state index in [4.69, 9.17) is 0 Å². The summed E-state index contributed by atoms with van der Waals surface area (Å²) in [5, 5.41) is 1.87. The highest BCUT2D eigenvalue weighted by molar-refractivity contribution is 7.12. The van der Waals surface area contributed by atoms with Crippen LogP contribution < -0.4 is 0 Å². The lowest BCUT2D eigenvalue weighted by Crippen LogP contribution is -2.32. The minimum absolute atomic E-state index is 0.0588. The van der Waals surface area contributed by atoms with Crippen molar-refractivity contribution in [2.75, 3.05) is 13.1 Å². The molecule has 0 radical (unpaired) electrons. The van der Waals surface area contributed by atoms with Gasteiger partial charge in [0.25, 0.3) is 5.91 Å². The summed E-state index contributed by atoms with van der Waals surface area (Å²) in [4.78, 5) is 27.8. The van der Waals surface area contributed by atoms with Gasteiger partial charge in [-0.25, -0.2) is 0 Å².